The highest BCUT2D eigenvalue weighted by Crippen LogP contribution is 2.27. The highest BCUT2D eigenvalue weighted by molar-refractivity contribution is 6.07. The molecule has 0 aliphatic heterocycles. The smallest absolute Gasteiger partial charge is 0.253 e. The molecule has 0 radical (unpaired) electrons. The normalized spacial score (nSPS) is 18.5. The van der Waals surface area contributed by atoms with Crippen LogP contribution < -0.4 is 5.32 Å². The summed E-state index contributed by atoms with van der Waals surface area (Å²) in [6.45, 7) is 0.493. The molecule has 2 N–H and O–H groups in total. The molecule has 2 unspecified atom stereocenters. The molecule has 2 aromatic carbocycles. The van der Waals surface area contributed by atoms with Crippen LogP contribution in [0.2, 0.25) is 0 Å². The van der Waals surface area contributed by atoms with Crippen molar-refractivity contribution < 1.29 is 14.3 Å². The summed E-state index contributed by atoms with van der Waals surface area (Å²) in [7, 11) is 1.88. The first-order chi connectivity index (χ1) is 16.0. The molecule has 2 aromatic heterocycles. The fourth-order valence-corrected chi connectivity index (χ4v) is 4.75. The van der Waals surface area contributed by atoms with Gasteiger partial charge < -0.3 is 15.0 Å². The van der Waals surface area contributed by atoms with Crippen molar-refractivity contribution in [2.24, 2.45) is 7.05 Å². The van der Waals surface area contributed by atoms with Crippen molar-refractivity contribution in [2.45, 2.75) is 44.4 Å². The van der Waals surface area contributed by atoms with E-state index in [2.05, 4.69) is 16.5 Å². The number of aliphatic hydroxyl groups excluding tert-OH is 1. The van der Waals surface area contributed by atoms with Gasteiger partial charge in [-0.2, -0.15) is 5.10 Å². The summed E-state index contributed by atoms with van der Waals surface area (Å²) in [5.74, 6) is -0.774. The first kappa shape index (κ1) is 21.4. The molecule has 33 heavy (non-hydrogen) atoms. The number of fused-ring (bicyclic) bond motifs is 1. The van der Waals surface area contributed by atoms with Crippen molar-refractivity contribution in [3.8, 4) is 11.1 Å². The molecule has 1 saturated carbocycles. The first-order valence-electron chi connectivity index (χ1n) is 11.3. The molecule has 0 spiro atoms. The molecule has 1 aliphatic carbocycles. The molecule has 0 bridgehead atoms. The summed E-state index contributed by atoms with van der Waals surface area (Å²) >= 11 is 0. The van der Waals surface area contributed by atoms with Crippen LogP contribution in [0.3, 0.4) is 0 Å². The number of aliphatic hydroxyl groups is 1. The van der Waals surface area contributed by atoms with E-state index in [1.807, 2.05) is 48.3 Å². The van der Waals surface area contributed by atoms with Crippen molar-refractivity contribution in [1.82, 2.24) is 19.7 Å². The lowest BCUT2D eigenvalue weighted by atomic mass is 9.92. The van der Waals surface area contributed by atoms with Gasteiger partial charge in [-0.05, 0) is 42.2 Å². The maximum absolute atomic E-state index is 14.9. The van der Waals surface area contributed by atoms with Crippen LogP contribution in [0.15, 0.2) is 61.1 Å². The Labute approximate surface area is 191 Å². The van der Waals surface area contributed by atoms with Crippen molar-refractivity contribution in [2.75, 3.05) is 0 Å². The number of hydrogen-bond donors (Lipinski definition) is 2. The van der Waals surface area contributed by atoms with Crippen LogP contribution in [-0.2, 0) is 13.6 Å². The predicted octanol–water partition coefficient (Wildman–Crippen LogP) is 4.26. The van der Waals surface area contributed by atoms with E-state index in [9.17, 15) is 14.3 Å². The number of benzene rings is 2. The Morgan fingerprint density at radius 3 is 2.76 bits per heavy atom. The molecule has 5 rings (SSSR count). The summed E-state index contributed by atoms with van der Waals surface area (Å²) in [4.78, 5) is 13.1. The summed E-state index contributed by atoms with van der Waals surface area (Å²) in [5, 5.41) is 17.7. The van der Waals surface area contributed by atoms with Crippen LogP contribution in [-0.4, -0.2) is 37.5 Å². The van der Waals surface area contributed by atoms with Crippen LogP contribution in [0.25, 0.3) is 22.0 Å². The topological polar surface area (TPSA) is 72.1 Å². The third kappa shape index (κ3) is 4.28. The van der Waals surface area contributed by atoms with Gasteiger partial charge in [-0.25, -0.2) is 4.39 Å². The van der Waals surface area contributed by atoms with E-state index in [0.29, 0.717) is 29.4 Å². The van der Waals surface area contributed by atoms with Crippen LogP contribution in [0.1, 0.15) is 41.6 Å². The lowest BCUT2D eigenvalue weighted by Crippen LogP contribution is -2.45. The zero-order valence-electron chi connectivity index (χ0n) is 18.5. The van der Waals surface area contributed by atoms with Crippen molar-refractivity contribution in [3.63, 3.8) is 0 Å². The number of nitrogens with zero attached hydrogens (tertiary/aromatic N) is 3. The van der Waals surface area contributed by atoms with Gasteiger partial charge in [0.15, 0.2) is 0 Å². The van der Waals surface area contributed by atoms with Gasteiger partial charge in [0.2, 0.25) is 0 Å². The fraction of sp³-hybridized carbons (Fsp3) is 0.308. The lowest BCUT2D eigenvalue weighted by Gasteiger charge is -2.28. The summed E-state index contributed by atoms with van der Waals surface area (Å²) in [5.41, 5.74) is 4.06. The van der Waals surface area contributed by atoms with Gasteiger partial charge in [-0.3, -0.25) is 9.48 Å². The van der Waals surface area contributed by atoms with E-state index < -0.39 is 11.9 Å². The highest BCUT2D eigenvalue weighted by atomic mass is 19.1. The Bertz CT molecular complexity index is 1310. The number of halogens is 1. The second-order valence-electron chi connectivity index (χ2n) is 8.84. The third-order valence-corrected chi connectivity index (χ3v) is 6.46. The molecule has 1 amide bonds. The number of aromatic nitrogens is 3. The third-order valence-electron chi connectivity index (χ3n) is 6.46. The minimum atomic E-state index is -0.559. The van der Waals surface area contributed by atoms with Gasteiger partial charge in [0.1, 0.15) is 5.82 Å². The maximum Gasteiger partial charge on any atom is 0.253 e. The molecule has 2 heterocycles. The van der Waals surface area contributed by atoms with Crippen molar-refractivity contribution in [1.29, 1.82) is 0 Å². The van der Waals surface area contributed by atoms with Crippen LogP contribution in [0, 0.1) is 5.82 Å². The number of nitrogens with one attached hydrogen (secondary N) is 1. The SMILES string of the molecule is Cn1cc(-c2cccc(Cn3cc(C(=O)NC4CCCCC4O)c4c(F)cccc43)c2)cn1. The number of hydrogen-bond acceptors (Lipinski definition) is 3. The second kappa shape index (κ2) is 8.83. The van der Waals surface area contributed by atoms with Crippen molar-refractivity contribution in [3.05, 3.63) is 78.0 Å². The molecule has 4 aromatic rings. The van der Waals surface area contributed by atoms with E-state index in [0.717, 1.165) is 36.0 Å². The van der Waals surface area contributed by atoms with Gasteiger partial charge in [-0.15, -0.1) is 0 Å². The minimum Gasteiger partial charge on any atom is -0.391 e. The summed E-state index contributed by atoms with van der Waals surface area (Å²) < 4.78 is 18.5. The molecule has 7 heteroatoms. The molecule has 6 nitrogen and oxygen atoms in total. The van der Waals surface area contributed by atoms with E-state index in [-0.39, 0.29) is 11.9 Å². The monoisotopic (exact) mass is 446 g/mol. The van der Waals surface area contributed by atoms with Crippen molar-refractivity contribution >= 4 is 16.8 Å². The van der Waals surface area contributed by atoms with Crippen LogP contribution in [0.4, 0.5) is 4.39 Å². The van der Waals surface area contributed by atoms with Gasteiger partial charge in [0, 0.05) is 36.9 Å². The predicted molar refractivity (Wildman–Crippen MR) is 125 cm³/mol. The second-order valence-corrected chi connectivity index (χ2v) is 8.84. The number of carbonyl (C=O) groups excluding carboxylic acids is 1. The largest absolute Gasteiger partial charge is 0.391 e. The number of rotatable bonds is 5. The standard InChI is InChI=1S/C26H27FN4O2/c1-30-15-19(13-28-30)18-7-4-6-17(12-18)14-31-16-20(25-21(27)8-5-10-23(25)31)26(33)29-22-9-2-3-11-24(22)32/h4-8,10,12-13,15-16,22,24,32H,2-3,9,11,14H2,1H3,(H,29,33). The van der Waals surface area contributed by atoms with E-state index in [4.69, 9.17) is 0 Å². The molecular formula is C26H27FN4O2. The first-order valence-corrected chi connectivity index (χ1v) is 11.3. The number of aryl methyl sites for hydroxylation is 1. The van der Waals surface area contributed by atoms with E-state index in [1.165, 1.54) is 6.07 Å². The van der Waals surface area contributed by atoms with Gasteiger partial charge >= 0.3 is 0 Å². The van der Waals surface area contributed by atoms with E-state index >= 15 is 0 Å². The van der Waals surface area contributed by atoms with E-state index in [1.54, 1.807) is 16.9 Å². The molecule has 1 aliphatic rings. The molecule has 170 valence electrons. The highest BCUT2D eigenvalue weighted by Gasteiger charge is 2.27. The maximum atomic E-state index is 14.9. The summed E-state index contributed by atoms with van der Waals surface area (Å²) in [6, 6.07) is 12.7. The number of carbonyl (C=O) groups is 1. The van der Waals surface area contributed by atoms with Gasteiger partial charge in [0.05, 0.1) is 29.4 Å². The number of amides is 1. The van der Waals surface area contributed by atoms with Gasteiger partial charge in [-0.1, -0.05) is 37.1 Å². The Morgan fingerprint density at radius 2 is 1.97 bits per heavy atom. The molecular weight excluding hydrogens is 419 g/mol. The zero-order chi connectivity index (χ0) is 22.9. The zero-order valence-corrected chi connectivity index (χ0v) is 18.5. The fourth-order valence-electron chi connectivity index (χ4n) is 4.75. The van der Waals surface area contributed by atoms with Gasteiger partial charge in [0.25, 0.3) is 5.91 Å². The minimum absolute atomic E-state index is 0.296. The lowest BCUT2D eigenvalue weighted by molar-refractivity contribution is 0.0718. The Hall–Kier alpha value is -3.45. The molecule has 0 saturated heterocycles. The quantitative estimate of drug-likeness (QED) is 0.481. The Balaban J connectivity index is 1.47. The Kier molecular flexibility index (Phi) is 5.72. The Morgan fingerprint density at radius 1 is 1.15 bits per heavy atom. The summed E-state index contributed by atoms with van der Waals surface area (Å²) in [6.07, 6.45) is 8.27. The van der Waals surface area contributed by atoms with Crippen LogP contribution >= 0.6 is 0 Å². The average molecular weight is 447 g/mol. The average Bonchev–Trinajstić information content (AvgIpc) is 3.40. The van der Waals surface area contributed by atoms with Crippen LogP contribution in [0.5, 0.6) is 0 Å². The molecule has 2 atom stereocenters. The molecule has 1 fully saturated rings.